The van der Waals surface area contributed by atoms with Crippen LogP contribution in [0.5, 0.6) is 5.75 Å². The van der Waals surface area contributed by atoms with Crippen molar-refractivity contribution in [2.45, 2.75) is 6.92 Å². The maximum absolute atomic E-state index is 5.28. The lowest BCUT2D eigenvalue weighted by Crippen LogP contribution is -2.30. The molecular weight excluding hydrogens is 250 g/mol. The van der Waals surface area contributed by atoms with Gasteiger partial charge in [-0.1, -0.05) is 6.92 Å². The van der Waals surface area contributed by atoms with E-state index in [1.165, 1.54) is 0 Å². The first-order valence-corrected chi connectivity index (χ1v) is 6.94. The third kappa shape index (κ3) is 3.20. The third-order valence-corrected chi connectivity index (χ3v) is 3.45. The van der Waals surface area contributed by atoms with Crippen LogP contribution in [-0.4, -0.2) is 39.3 Å². The van der Waals surface area contributed by atoms with Crippen molar-refractivity contribution in [3.8, 4) is 5.75 Å². The Balaban J connectivity index is 2.29. The topological polar surface area (TPSA) is 37.4 Å². The lowest BCUT2D eigenvalue weighted by atomic mass is 10.1. The monoisotopic (exact) mass is 273 g/mol. The Labute approximate surface area is 120 Å². The number of fused-ring (bicyclic) bond motifs is 1. The number of rotatable bonds is 6. The standard InChI is InChI=1S/C16H23N3O/c1-12(10-17-2)11-19(3)16-15-6-5-14(20-4)9-13(15)7-8-18-16/h5-9,12,17H,10-11H2,1-4H3. The first-order valence-electron chi connectivity index (χ1n) is 6.94. The van der Waals surface area contributed by atoms with E-state index < -0.39 is 0 Å². The Kier molecular flexibility index (Phi) is 4.79. The quantitative estimate of drug-likeness (QED) is 0.877. The molecule has 0 aliphatic rings. The second-order valence-corrected chi connectivity index (χ2v) is 5.26. The fraction of sp³-hybridized carbons (Fsp3) is 0.438. The molecule has 0 amide bonds. The first-order chi connectivity index (χ1) is 9.65. The van der Waals surface area contributed by atoms with Crippen LogP contribution in [0.2, 0.25) is 0 Å². The van der Waals surface area contributed by atoms with Gasteiger partial charge in [-0.05, 0) is 49.2 Å². The second kappa shape index (κ2) is 6.57. The molecule has 0 aliphatic heterocycles. The van der Waals surface area contributed by atoms with Gasteiger partial charge in [0.05, 0.1) is 7.11 Å². The average Bonchev–Trinajstić information content (AvgIpc) is 2.46. The number of nitrogens with zero attached hydrogens (tertiary/aromatic N) is 2. The zero-order valence-electron chi connectivity index (χ0n) is 12.7. The summed E-state index contributed by atoms with van der Waals surface area (Å²) in [5.74, 6) is 2.47. The molecule has 2 aromatic rings. The SMILES string of the molecule is CNCC(C)CN(C)c1nccc2cc(OC)ccc12. The average molecular weight is 273 g/mol. The molecule has 0 aliphatic carbocycles. The number of aromatic nitrogens is 1. The number of anilines is 1. The van der Waals surface area contributed by atoms with Crippen molar-refractivity contribution < 1.29 is 4.74 Å². The summed E-state index contributed by atoms with van der Waals surface area (Å²) < 4.78 is 5.28. The Morgan fingerprint density at radius 1 is 1.35 bits per heavy atom. The third-order valence-electron chi connectivity index (χ3n) is 3.45. The smallest absolute Gasteiger partial charge is 0.136 e. The van der Waals surface area contributed by atoms with Crippen molar-refractivity contribution in [2.75, 3.05) is 39.2 Å². The highest BCUT2D eigenvalue weighted by molar-refractivity contribution is 5.92. The van der Waals surface area contributed by atoms with Crippen molar-refractivity contribution in [3.63, 3.8) is 0 Å². The van der Waals surface area contributed by atoms with Crippen LogP contribution in [0.3, 0.4) is 0 Å². The van der Waals surface area contributed by atoms with E-state index in [-0.39, 0.29) is 0 Å². The van der Waals surface area contributed by atoms with Crippen molar-refractivity contribution in [1.82, 2.24) is 10.3 Å². The van der Waals surface area contributed by atoms with Crippen LogP contribution >= 0.6 is 0 Å². The van der Waals surface area contributed by atoms with Crippen molar-refractivity contribution in [2.24, 2.45) is 5.92 Å². The number of ether oxygens (including phenoxy) is 1. The lowest BCUT2D eigenvalue weighted by Gasteiger charge is -2.23. The molecule has 108 valence electrons. The summed E-state index contributed by atoms with van der Waals surface area (Å²) in [6.45, 7) is 4.21. The van der Waals surface area contributed by atoms with Crippen LogP contribution in [0.25, 0.3) is 10.8 Å². The molecule has 1 heterocycles. The summed E-state index contributed by atoms with van der Waals surface area (Å²) in [6.07, 6.45) is 1.86. The number of nitrogens with one attached hydrogen (secondary N) is 1. The van der Waals surface area contributed by atoms with E-state index in [0.717, 1.165) is 35.4 Å². The molecule has 4 heteroatoms. The minimum Gasteiger partial charge on any atom is -0.497 e. The summed E-state index contributed by atoms with van der Waals surface area (Å²) in [7, 11) is 5.77. The predicted molar refractivity (Wildman–Crippen MR) is 84.7 cm³/mol. The molecule has 1 aromatic carbocycles. The first kappa shape index (κ1) is 14.6. The minimum absolute atomic E-state index is 0.570. The Hall–Kier alpha value is -1.81. The summed E-state index contributed by atoms with van der Waals surface area (Å²) in [6, 6.07) is 8.13. The van der Waals surface area contributed by atoms with Gasteiger partial charge in [-0.3, -0.25) is 0 Å². The number of pyridine rings is 1. The zero-order valence-corrected chi connectivity index (χ0v) is 12.7. The molecule has 20 heavy (non-hydrogen) atoms. The van der Waals surface area contributed by atoms with Crippen LogP contribution in [0.4, 0.5) is 5.82 Å². The summed E-state index contributed by atoms with van der Waals surface area (Å²) in [5, 5.41) is 5.53. The molecule has 0 radical (unpaired) electrons. The highest BCUT2D eigenvalue weighted by Crippen LogP contribution is 2.27. The predicted octanol–water partition coefficient (Wildman–Crippen LogP) is 2.54. The van der Waals surface area contributed by atoms with E-state index in [1.807, 2.05) is 31.4 Å². The van der Waals surface area contributed by atoms with E-state index >= 15 is 0 Å². The summed E-state index contributed by atoms with van der Waals surface area (Å²) in [4.78, 5) is 6.76. The number of hydrogen-bond acceptors (Lipinski definition) is 4. The van der Waals surface area contributed by atoms with Gasteiger partial charge < -0.3 is 15.0 Å². The van der Waals surface area contributed by atoms with Crippen LogP contribution < -0.4 is 15.0 Å². The molecule has 1 atom stereocenters. The van der Waals surface area contributed by atoms with Gasteiger partial charge in [0.25, 0.3) is 0 Å². The Morgan fingerprint density at radius 3 is 2.85 bits per heavy atom. The highest BCUT2D eigenvalue weighted by Gasteiger charge is 2.11. The fourth-order valence-electron chi connectivity index (χ4n) is 2.54. The van der Waals surface area contributed by atoms with E-state index in [0.29, 0.717) is 5.92 Å². The number of benzene rings is 1. The van der Waals surface area contributed by atoms with Gasteiger partial charge in [0, 0.05) is 25.2 Å². The molecule has 0 fully saturated rings. The van der Waals surface area contributed by atoms with E-state index in [9.17, 15) is 0 Å². The van der Waals surface area contributed by atoms with E-state index in [2.05, 4.69) is 35.2 Å². The van der Waals surface area contributed by atoms with Crippen LogP contribution in [0.15, 0.2) is 30.5 Å². The molecule has 2 rings (SSSR count). The maximum Gasteiger partial charge on any atom is 0.136 e. The lowest BCUT2D eigenvalue weighted by molar-refractivity contribution is 0.415. The molecule has 4 nitrogen and oxygen atoms in total. The number of hydrogen-bond donors (Lipinski definition) is 1. The van der Waals surface area contributed by atoms with Crippen molar-refractivity contribution in [1.29, 1.82) is 0 Å². The molecule has 1 unspecified atom stereocenters. The van der Waals surface area contributed by atoms with Gasteiger partial charge in [0.1, 0.15) is 11.6 Å². The van der Waals surface area contributed by atoms with E-state index in [4.69, 9.17) is 4.74 Å². The van der Waals surface area contributed by atoms with Gasteiger partial charge in [-0.25, -0.2) is 4.98 Å². The summed E-state index contributed by atoms with van der Waals surface area (Å²) in [5.41, 5.74) is 0. The molecule has 0 bridgehead atoms. The molecule has 1 aromatic heterocycles. The maximum atomic E-state index is 5.28. The normalized spacial score (nSPS) is 12.4. The Morgan fingerprint density at radius 2 is 2.15 bits per heavy atom. The van der Waals surface area contributed by atoms with Crippen LogP contribution in [0, 0.1) is 5.92 Å². The van der Waals surface area contributed by atoms with Gasteiger partial charge >= 0.3 is 0 Å². The van der Waals surface area contributed by atoms with Gasteiger partial charge in [-0.15, -0.1) is 0 Å². The van der Waals surface area contributed by atoms with Gasteiger partial charge in [-0.2, -0.15) is 0 Å². The molecular formula is C16H23N3O. The molecule has 0 saturated heterocycles. The van der Waals surface area contributed by atoms with Crippen LogP contribution in [0.1, 0.15) is 6.92 Å². The second-order valence-electron chi connectivity index (χ2n) is 5.26. The Bertz CT molecular complexity index is 571. The van der Waals surface area contributed by atoms with Crippen molar-refractivity contribution >= 4 is 16.6 Å². The van der Waals surface area contributed by atoms with Gasteiger partial charge in [0.15, 0.2) is 0 Å². The zero-order chi connectivity index (χ0) is 14.5. The van der Waals surface area contributed by atoms with Crippen molar-refractivity contribution in [3.05, 3.63) is 30.5 Å². The molecule has 0 saturated carbocycles. The van der Waals surface area contributed by atoms with Gasteiger partial charge in [0.2, 0.25) is 0 Å². The fourth-order valence-corrected chi connectivity index (χ4v) is 2.54. The number of methoxy groups -OCH3 is 1. The summed E-state index contributed by atoms with van der Waals surface area (Å²) >= 11 is 0. The minimum atomic E-state index is 0.570. The van der Waals surface area contributed by atoms with Crippen LogP contribution in [-0.2, 0) is 0 Å². The molecule has 1 N–H and O–H groups in total. The molecule has 0 spiro atoms. The highest BCUT2D eigenvalue weighted by atomic mass is 16.5. The largest absolute Gasteiger partial charge is 0.497 e. The van der Waals surface area contributed by atoms with E-state index in [1.54, 1.807) is 7.11 Å².